The number of carbonyl (C=O) groups is 2. The van der Waals surface area contributed by atoms with Crippen molar-refractivity contribution in [1.29, 1.82) is 0 Å². The van der Waals surface area contributed by atoms with Crippen LogP contribution in [0.1, 0.15) is 18.1 Å². The maximum atomic E-state index is 11.5. The molecule has 0 heterocycles. The Kier molecular flexibility index (Phi) is 4.66. The van der Waals surface area contributed by atoms with Gasteiger partial charge in [0.25, 0.3) is 0 Å². The molecule has 0 atom stereocenters. The summed E-state index contributed by atoms with van der Waals surface area (Å²) in [5.41, 5.74) is 2.16. The molecule has 0 spiro atoms. The molecule has 4 nitrogen and oxygen atoms in total. The van der Waals surface area contributed by atoms with E-state index in [4.69, 9.17) is 9.47 Å². The number of ether oxygens (including phenoxy) is 2. The summed E-state index contributed by atoms with van der Waals surface area (Å²) in [5.74, 6) is -0.738. The van der Waals surface area contributed by atoms with E-state index in [2.05, 4.69) is 6.58 Å². The van der Waals surface area contributed by atoms with Crippen LogP contribution in [0.3, 0.4) is 0 Å². The molecule has 4 heteroatoms. The average molecular weight is 248 g/mol. The lowest BCUT2D eigenvalue weighted by Crippen LogP contribution is -2.19. The first kappa shape index (κ1) is 14.0. The van der Waals surface area contributed by atoms with Gasteiger partial charge in [-0.15, -0.1) is 0 Å². The van der Waals surface area contributed by atoms with Crippen molar-refractivity contribution < 1.29 is 19.1 Å². The summed E-state index contributed by atoms with van der Waals surface area (Å²) in [6.45, 7) is 8.29. The molecule has 18 heavy (non-hydrogen) atoms. The van der Waals surface area contributed by atoms with Gasteiger partial charge in [-0.2, -0.15) is 0 Å². The maximum Gasteiger partial charge on any atom is 0.349 e. The van der Waals surface area contributed by atoms with E-state index in [1.165, 1.54) is 6.92 Å². The largest absolute Gasteiger partial charge is 0.450 e. The zero-order chi connectivity index (χ0) is 13.7. The Morgan fingerprint density at radius 1 is 1.28 bits per heavy atom. The lowest BCUT2D eigenvalue weighted by molar-refractivity contribution is -0.150. The Labute approximate surface area is 106 Å². The minimum atomic E-state index is -0.613. The fourth-order valence-electron chi connectivity index (χ4n) is 1.23. The Bertz CT molecular complexity index is 489. The number of esters is 2. The summed E-state index contributed by atoms with van der Waals surface area (Å²) in [5, 5.41) is 0. The molecule has 0 amide bonds. The molecule has 1 rings (SSSR count). The molecule has 0 aliphatic heterocycles. The second-order valence-electron chi connectivity index (χ2n) is 4.03. The van der Waals surface area contributed by atoms with Crippen molar-refractivity contribution in [3.63, 3.8) is 0 Å². The Hall–Kier alpha value is -2.10. The zero-order valence-corrected chi connectivity index (χ0v) is 10.8. The third-order valence-corrected chi connectivity index (χ3v) is 2.45. The average Bonchev–Trinajstić information content (AvgIpc) is 2.32. The number of aryl methyl sites for hydroxylation is 1. The maximum absolute atomic E-state index is 11.5. The van der Waals surface area contributed by atoms with E-state index in [0.717, 1.165) is 11.1 Å². The summed E-state index contributed by atoms with van der Waals surface area (Å²) >= 11 is 0. The lowest BCUT2D eigenvalue weighted by atomic mass is 10.1. The van der Waals surface area contributed by atoms with Gasteiger partial charge in [-0.3, -0.25) is 0 Å². The van der Waals surface area contributed by atoms with Gasteiger partial charge in [0.2, 0.25) is 0 Å². The summed E-state index contributed by atoms with van der Waals surface area (Å²) in [6, 6.07) is 5.42. The van der Waals surface area contributed by atoms with Crippen molar-refractivity contribution in [3.8, 4) is 5.75 Å². The Morgan fingerprint density at radius 3 is 2.56 bits per heavy atom. The van der Waals surface area contributed by atoms with Crippen LogP contribution in [0.4, 0.5) is 0 Å². The molecular weight excluding hydrogens is 232 g/mol. The Morgan fingerprint density at radius 2 is 1.94 bits per heavy atom. The Balaban J connectivity index is 2.58. The molecule has 96 valence electrons. The van der Waals surface area contributed by atoms with E-state index >= 15 is 0 Å². The second-order valence-corrected chi connectivity index (χ2v) is 4.03. The van der Waals surface area contributed by atoms with E-state index in [1.54, 1.807) is 12.1 Å². The van der Waals surface area contributed by atoms with Gasteiger partial charge < -0.3 is 9.47 Å². The van der Waals surface area contributed by atoms with Crippen LogP contribution in [0.5, 0.6) is 5.75 Å². The molecule has 0 saturated carbocycles. The van der Waals surface area contributed by atoms with Crippen molar-refractivity contribution in [2.75, 3.05) is 6.61 Å². The highest BCUT2D eigenvalue weighted by atomic mass is 16.6. The van der Waals surface area contributed by atoms with Crippen molar-refractivity contribution in [2.45, 2.75) is 20.8 Å². The second kappa shape index (κ2) is 6.00. The van der Waals surface area contributed by atoms with E-state index in [1.807, 2.05) is 19.9 Å². The first-order valence-corrected chi connectivity index (χ1v) is 5.51. The summed E-state index contributed by atoms with van der Waals surface area (Å²) in [6.07, 6.45) is 0. The topological polar surface area (TPSA) is 52.6 Å². The molecule has 0 N–H and O–H groups in total. The molecule has 0 radical (unpaired) electrons. The van der Waals surface area contributed by atoms with Crippen LogP contribution in [0.15, 0.2) is 30.4 Å². The van der Waals surface area contributed by atoms with Crippen LogP contribution in [-0.2, 0) is 14.3 Å². The van der Waals surface area contributed by atoms with Gasteiger partial charge in [-0.05, 0) is 38.0 Å². The SMILES string of the molecule is C=C(C)C(=O)OCC(=O)Oc1cccc(C)c1C. The fraction of sp³-hybridized carbons (Fsp3) is 0.286. The van der Waals surface area contributed by atoms with Gasteiger partial charge in [0.05, 0.1) is 0 Å². The molecule has 0 aromatic heterocycles. The smallest absolute Gasteiger partial charge is 0.349 e. The third-order valence-electron chi connectivity index (χ3n) is 2.45. The van der Waals surface area contributed by atoms with Gasteiger partial charge in [0, 0.05) is 5.57 Å². The van der Waals surface area contributed by atoms with Crippen LogP contribution in [0.2, 0.25) is 0 Å². The summed E-state index contributed by atoms with van der Waals surface area (Å²) in [4.78, 5) is 22.6. The molecule has 0 aliphatic rings. The van der Waals surface area contributed by atoms with Crippen molar-refractivity contribution in [3.05, 3.63) is 41.5 Å². The highest BCUT2D eigenvalue weighted by Crippen LogP contribution is 2.20. The third kappa shape index (κ3) is 3.73. The minimum absolute atomic E-state index is 0.245. The van der Waals surface area contributed by atoms with Crippen LogP contribution < -0.4 is 4.74 Å². The number of rotatable bonds is 4. The molecule has 1 aromatic rings. The van der Waals surface area contributed by atoms with E-state index < -0.39 is 18.5 Å². The standard InChI is InChI=1S/C14H16O4/c1-9(2)14(16)17-8-13(15)18-12-7-5-6-10(3)11(12)4/h5-7H,1,8H2,2-4H3. The van der Waals surface area contributed by atoms with Gasteiger partial charge in [0.1, 0.15) is 5.75 Å². The van der Waals surface area contributed by atoms with Crippen molar-refractivity contribution >= 4 is 11.9 Å². The fourth-order valence-corrected chi connectivity index (χ4v) is 1.23. The number of hydrogen-bond acceptors (Lipinski definition) is 4. The van der Waals surface area contributed by atoms with Crippen LogP contribution >= 0.6 is 0 Å². The molecule has 0 bridgehead atoms. The van der Waals surface area contributed by atoms with E-state index in [0.29, 0.717) is 5.75 Å². The molecule has 1 aromatic carbocycles. The van der Waals surface area contributed by atoms with Gasteiger partial charge in [-0.25, -0.2) is 9.59 Å². The van der Waals surface area contributed by atoms with E-state index in [9.17, 15) is 9.59 Å². The first-order chi connectivity index (χ1) is 8.41. The predicted molar refractivity (Wildman–Crippen MR) is 67.3 cm³/mol. The van der Waals surface area contributed by atoms with E-state index in [-0.39, 0.29) is 5.57 Å². The van der Waals surface area contributed by atoms with Gasteiger partial charge in [-0.1, -0.05) is 18.7 Å². The number of carbonyl (C=O) groups excluding carboxylic acids is 2. The number of benzene rings is 1. The molecule has 0 unspecified atom stereocenters. The number of hydrogen-bond donors (Lipinski definition) is 0. The molecule has 0 fully saturated rings. The van der Waals surface area contributed by atoms with Gasteiger partial charge >= 0.3 is 11.9 Å². The highest BCUT2D eigenvalue weighted by molar-refractivity contribution is 5.88. The monoisotopic (exact) mass is 248 g/mol. The van der Waals surface area contributed by atoms with Crippen LogP contribution in [-0.4, -0.2) is 18.5 Å². The van der Waals surface area contributed by atoms with Crippen LogP contribution in [0, 0.1) is 13.8 Å². The van der Waals surface area contributed by atoms with Gasteiger partial charge in [0.15, 0.2) is 6.61 Å². The minimum Gasteiger partial charge on any atom is -0.450 e. The predicted octanol–water partition coefficient (Wildman–Crippen LogP) is 2.33. The normalized spacial score (nSPS) is 9.72. The summed E-state index contributed by atoms with van der Waals surface area (Å²) in [7, 11) is 0. The summed E-state index contributed by atoms with van der Waals surface area (Å²) < 4.78 is 9.80. The molecule has 0 saturated heterocycles. The van der Waals surface area contributed by atoms with Crippen molar-refractivity contribution in [1.82, 2.24) is 0 Å². The van der Waals surface area contributed by atoms with Crippen molar-refractivity contribution in [2.24, 2.45) is 0 Å². The zero-order valence-electron chi connectivity index (χ0n) is 10.8. The molecule has 0 aliphatic carbocycles. The van der Waals surface area contributed by atoms with Crippen LogP contribution in [0.25, 0.3) is 0 Å². The molecular formula is C14H16O4. The lowest BCUT2D eigenvalue weighted by Gasteiger charge is -2.09. The first-order valence-electron chi connectivity index (χ1n) is 5.51. The highest BCUT2D eigenvalue weighted by Gasteiger charge is 2.11. The quantitative estimate of drug-likeness (QED) is 0.466.